The van der Waals surface area contributed by atoms with Crippen LogP contribution in [-0.4, -0.2) is 21.8 Å². The van der Waals surface area contributed by atoms with E-state index >= 15 is 0 Å². The topological polar surface area (TPSA) is 80.6 Å². The second-order valence-corrected chi connectivity index (χ2v) is 1.63. The highest BCUT2D eigenvalue weighted by Gasteiger charge is 1.93. The van der Waals surface area contributed by atoms with Crippen LogP contribution in [0.5, 0.6) is 0 Å². The fourth-order valence-electron chi connectivity index (χ4n) is 0.0945. The summed E-state index contributed by atoms with van der Waals surface area (Å²) in [6.45, 7) is 0. The summed E-state index contributed by atoms with van der Waals surface area (Å²) in [4.78, 5) is 26.7. The van der Waals surface area contributed by atoms with Crippen LogP contribution in [-0.2, 0) is 4.79 Å². The van der Waals surface area contributed by atoms with Gasteiger partial charge in [-0.3, -0.25) is 0 Å². The van der Waals surface area contributed by atoms with E-state index < -0.39 is 14.0 Å². The lowest BCUT2D eigenvalue weighted by atomic mass is 10.8. The lowest BCUT2D eigenvalue weighted by molar-refractivity contribution is -0.167. The van der Waals surface area contributed by atoms with Crippen LogP contribution >= 0.6 is 8.00 Å². The monoisotopic (exact) mass is 122 g/mol. The van der Waals surface area contributed by atoms with Gasteiger partial charge in [0.25, 0.3) is 0 Å². The Hall–Kier alpha value is -0.440. The maximum Gasteiger partial charge on any atom is 0.373 e. The molecule has 0 saturated carbocycles. The maximum atomic E-state index is 9.52. The zero-order valence-electron chi connectivity index (χ0n) is 3.24. The summed E-state index contributed by atoms with van der Waals surface area (Å²) in [5, 5.41) is 7.68. The Morgan fingerprint density at radius 2 is 2.29 bits per heavy atom. The Labute approximate surface area is 40.6 Å². The molecular weight excluding hydrogens is 119 g/mol. The Morgan fingerprint density at radius 1 is 1.86 bits per heavy atom. The van der Waals surface area contributed by atoms with Crippen LogP contribution in [0.4, 0.5) is 0 Å². The average molecular weight is 122 g/mol. The fourth-order valence-corrected chi connectivity index (χ4v) is 0.283. The van der Waals surface area contributed by atoms with Crippen LogP contribution in [0.2, 0.25) is 0 Å². The summed E-state index contributed by atoms with van der Waals surface area (Å²) in [7, 11) is -2.61. The zero-order valence-corrected chi connectivity index (χ0v) is 4.13. The van der Waals surface area contributed by atoms with Gasteiger partial charge in [-0.05, 0) is 0 Å². The van der Waals surface area contributed by atoms with Crippen molar-refractivity contribution in [1.29, 1.82) is 0 Å². The Bertz CT molecular complexity index is 102. The fraction of sp³-hybridized carbons (Fsp3) is 0. The van der Waals surface area contributed by atoms with Crippen LogP contribution < -0.4 is 4.89 Å². The highest BCUT2D eigenvalue weighted by atomic mass is 31.1. The van der Waals surface area contributed by atoms with Crippen LogP contribution in [0.15, 0.2) is 0 Å². The van der Waals surface area contributed by atoms with E-state index in [1.54, 1.807) is 0 Å². The van der Waals surface area contributed by atoms with Gasteiger partial charge in [0.05, 0.1) is 0 Å². The third-order valence-corrected chi connectivity index (χ3v) is 0.663. The molecule has 0 bridgehead atoms. The highest BCUT2D eigenvalue weighted by molar-refractivity contribution is 7.46. The summed E-state index contributed by atoms with van der Waals surface area (Å²) in [6, 6.07) is 0. The number of rotatable bonds is 1. The van der Waals surface area contributed by atoms with Gasteiger partial charge >= 0.3 is 5.97 Å². The molecule has 7 heavy (non-hydrogen) atoms. The standard InChI is InChI=1S/C2H3O4P/c3-2(4)1-7(5)6/h1H,(H,3,4)(H,5,6). The third-order valence-electron chi connectivity index (χ3n) is 0.221. The summed E-state index contributed by atoms with van der Waals surface area (Å²) in [5.41, 5.74) is 0. The second-order valence-electron chi connectivity index (χ2n) is 0.770. The van der Waals surface area contributed by atoms with Crippen molar-refractivity contribution >= 4 is 19.8 Å². The maximum absolute atomic E-state index is 9.52. The molecule has 0 aliphatic carbocycles. The number of carbonyl (C=O) groups is 1. The SMILES string of the molecule is O=C(O)C=[P+]([O-])O. The van der Waals surface area contributed by atoms with E-state index in [1.807, 2.05) is 0 Å². The van der Waals surface area contributed by atoms with Crippen LogP contribution in [0, 0.1) is 0 Å². The Kier molecular flexibility index (Phi) is 2.52. The number of carboxylic acid groups (broad SMARTS) is 1. The molecule has 0 amide bonds. The van der Waals surface area contributed by atoms with Crippen molar-refractivity contribution in [1.82, 2.24) is 0 Å². The van der Waals surface area contributed by atoms with Crippen LogP contribution in [0.25, 0.3) is 0 Å². The first kappa shape index (κ1) is 6.56. The number of hydrogen-bond acceptors (Lipinski definition) is 3. The summed E-state index contributed by atoms with van der Waals surface area (Å²) >= 11 is 0. The molecule has 2 N–H and O–H groups in total. The van der Waals surface area contributed by atoms with Crippen molar-refractivity contribution in [2.45, 2.75) is 0 Å². The van der Waals surface area contributed by atoms with Crippen molar-refractivity contribution in [3.8, 4) is 0 Å². The van der Waals surface area contributed by atoms with Crippen molar-refractivity contribution in [3.05, 3.63) is 0 Å². The predicted octanol–water partition coefficient (Wildman–Crippen LogP) is -1.46. The molecule has 0 spiro atoms. The number of carboxylic acids is 1. The van der Waals surface area contributed by atoms with Crippen molar-refractivity contribution in [3.63, 3.8) is 0 Å². The lowest BCUT2D eigenvalue weighted by Gasteiger charge is -1.76. The summed E-state index contributed by atoms with van der Waals surface area (Å²) in [5.74, 6) is -1.06. The molecule has 4 nitrogen and oxygen atoms in total. The molecule has 0 heterocycles. The van der Waals surface area contributed by atoms with Gasteiger partial charge in [0, 0.05) is 0 Å². The molecule has 1 unspecified atom stereocenters. The van der Waals surface area contributed by atoms with Gasteiger partial charge in [-0.15, -0.1) is 0 Å². The normalized spacial score (nSPS) is 11.4. The molecule has 5 heteroatoms. The van der Waals surface area contributed by atoms with Gasteiger partial charge in [-0.25, -0.2) is 4.79 Å². The minimum atomic E-state index is -2.61. The first-order chi connectivity index (χ1) is 3.13. The summed E-state index contributed by atoms with van der Waals surface area (Å²) in [6.07, 6.45) is 0. The smallest absolute Gasteiger partial charge is 0.373 e. The van der Waals surface area contributed by atoms with Crippen LogP contribution in [0.1, 0.15) is 0 Å². The molecule has 0 aliphatic heterocycles. The van der Waals surface area contributed by atoms with E-state index in [-0.39, 0.29) is 0 Å². The van der Waals surface area contributed by atoms with Crippen molar-refractivity contribution in [2.75, 3.05) is 0 Å². The molecule has 0 aromatic rings. The minimum absolute atomic E-state index is 0.315. The predicted molar refractivity (Wildman–Crippen MR) is 22.8 cm³/mol. The molecule has 0 aromatic carbocycles. The van der Waals surface area contributed by atoms with E-state index in [0.29, 0.717) is 5.80 Å². The van der Waals surface area contributed by atoms with Crippen LogP contribution in [0.3, 0.4) is 0 Å². The average Bonchev–Trinajstić information content (AvgIpc) is 1.27. The van der Waals surface area contributed by atoms with Gasteiger partial charge in [0.15, 0.2) is 0 Å². The van der Waals surface area contributed by atoms with Gasteiger partial charge in [0.2, 0.25) is 13.8 Å². The molecular formula is C2H3O4P. The number of hydrogen-bond donors (Lipinski definition) is 2. The van der Waals surface area contributed by atoms with E-state index in [9.17, 15) is 9.69 Å². The van der Waals surface area contributed by atoms with E-state index in [2.05, 4.69) is 0 Å². The summed E-state index contributed by atoms with van der Waals surface area (Å²) < 4.78 is 0. The molecule has 0 saturated heterocycles. The molecule has 1 atom stereocenters. The van der Waals surface area contributed by atoms with E-state index in [1.165, 1.54) is 0 Å². The van der Waals surface area contributed by atoms with Crippen molar-refractivity contribution in [2.24, 2.45) is 0 Å². The van der Waals surface area contributed by atoms with E-state index in [4.69, 9.17) is 10.00 Å². The first-order valence-electron chi connectivity index (χ1n) is 1.36. The molecule has 0 rings (SSSR count). The number of aliphatic carboxylic acids is 1. The Morgan fingerprint density at radius 3 is 2.29 bits per heavy atom. The molecule has 0 radical (unpaired) electrons. The molecule has 0 fully saturated rings. The van der Waals surface area contributed by atoms with Crippen molar-refractivity contribution < 1.29 is 19.7 Å². The third kappa shape index (κ3) is 5.56. The van der Waals surface area contributed by atoms with Gasteiger partial charge in [-0.2, -0.15) is 4.89 Å². The minimum Gasteiger partial charge on any atom is -0.603 e. The molecule has 40 valence electrons. The van der Waals surface area contributed by atoms with Gasteiger partial charge in [0.1, 0.15) is 0 Å². The second kappa shape index (κ2) is 2.69. The first-order valence-corrected chi connectivity index (χ1v) is 2.64. The largest absolute Gasteiger partial charge is 0.603 e. The quantitative estimate of drug-likeness (QED) is 0.416. The molecule has 0 aliphatic rings. The zero-order chi connectivity index (χ0) is 5.86. The highest BCUT2D eigenvalue weighted by Crippen LogP contribution is 1.95. The van der Waals surface area contributed by atoms with Gasteiger partial charge < -0.3 is 10.00 Å². The van der Waals surface area contributed by atoms with E-state index in [0.717, 1.165) is 0 Å². The molecule has 0 aromatic heterocycles. The van der Waals surface area contributed by atoms with Gasteiger partial charge in [-0.1, -0.05) is 0 Å². The Balaban J connectivity index is 3.68. The lowest BCUT2D eigenvalue weighted by Crippen LogP contribution is -1.98.